The van der Waals surface area contributed by atoms with Crippen LogP contribution >= 0.6 is 0 Å². The number of aromatic nitrogens is 1. The Morgan fingerprint density at radius 1 is 1.00 bits per heavy atom. The quantitative estimate of drug-likeness (QED) is 0.518. The van der Waals surface area contributed by atoms with E-state index in [9.17, 15) is 14.4 Å². The van der Waals surface area contributed by atoms with Crippen LogP contribution in [0.25, 0.3) is 0 Å². The van der Waals surface area contributed by atoms with Gasteiger partial charge in [-0.2, -0.15) is 0 Å². The van der Waals surface area contributed by atoms with Gasteiger partial charge in [-0.05, 0) is 42.3 Å². The molecule has 4 heterocycles. The molecule has 2 aromatic carbocycles. The zero-order valence-corrected chi connectivity index (χ0v) is 20.1. The van der Waals surface area contributed by atoms with E-state index in [4.69, 9.17) is 9.47 Å². The fourth-order valence-electron chi connectivity index (χ4n) is 5.68. The first-order chi connectivity index (χ1) is 17.5. The number of fused-ring (bicyclic) bond motifs is 2. The number of rotatable bonds is 5. The third-order valence-corrected chi connectivity index (χ3v) is 7.63. The minimum Gasteiger partial charge on any atom is -0.454 e. The molecule has 3 aliphatic rings. The van der Waals surface area contributed by atoms with E-state index in [-0.39, 0.29) is 49.9 Å². The summed E-state index contributed by atoms with van der Waals surface area (Å²) in [5, 5.41) is 0. The number of likely N-dealkylation sites (tertiary alicyclic amines) is 1. The Kier molecular flexibility index (Phi) is 5.32. The summed E-state index contributed by atoms with van der Waals surface area (Å²) in [7, 11) is 0. The molecule has 3 aromatic rings. The number of carbonyl (C=O) groups excluding carboxylic acids is 3. The molecule has 2 atom stereocenters. The minimum absolute atomic E-state index is 0.0370. The fraction of sp³-hybridized carbons (Fsp3) is 0.321. The summed E-state index contributed by atoms with van der Waals surface area (Å²) in [6.07, 6.45) is 1.93. The lowest BCUT2D eigenvalue weighted by Crippen LogP contribution is -2.46. The molecular weight excluding hydrogens is 458 g/mol. The van der Waals surface area contributed by atoms with Crippen LogP contribution in [0.15, 0.2) is 66.9 Å². The van der Waals surface area contributed by atoms with Crippen molar-refractivity contribution in [1.82, 2.24) is 14.4 Å². The molecule has 1 aromatic heterocycles. The van der Waals surface area contributed by atoms with Crippen LogP contribution in [-0.4, -0.2) is 45.4 Å². The van der Waals surface area contributed by atoms with Crippen molar-refractivity contribution < 1.29 is 23.9 Å². The Hall–Kier alpha value is -4.07. The maximum Gasteiger partial charge on any atom is 0.241 e. The smallest absolute Gasteiger partial charge is 0.241 e. The van der Waals surface area contributed by atoms with Gasteiger partial charge in [0.2, 0.25) is 24.5 Å². The van der Waals surface area contributed by atoms with Crippen LogP contribution in [0.1, 0.15) is 42.6 Å². The Labute approximate surface area is 209 Å². The van der Waals surface area contributed by atoms with Crippen LogP contribution < -0.4 is 9.47 Å². The number of hydrogen-bond donors (Lipinski definition) is 0. The summed E-state index contributed by atoms with van der Waals surface area (Å²) < 4.78 is 13.0. The summed E-state index contributed by atoms with van der Waals surface area (Å²) in [4.78, 5) is 44.1. The third kappa shape index (κ3) is 3.56. The molecule has 0 spiro atoms. The Morgan fingerprint density at radius 3 is 2.64 bits per heavy atom. The first-order valence-corrected chi connectivity index (χ1v) is 12.2. The predicted octanol–water partition coefficient (Wildman–Crippen LogP) is 3.41. The van der Waals surface area contributed by atoms with Gasteiger partial charge in [0.1, 0.15) is 0 Å². The number of amides is 3. The maximum absolute atomic E-state index is 14.0. The number of ether oxygens (including phenoxy) is 2. The van der Waals surface area contributed by atoms with E-state index >= 15 is 0 Å². The molecule has 6 rings (SSSR count). The van der Waals surface area contributed by atoms with Crippen molar-refractivity contribution in [3.05, 3.63) is 83.7 Å². The highest BCUT2D eigenvalue weighted by atomic mass is 16.7. The SMILES string of the molecule is C[C@@H]1c2cccn2CCN1C(=O)C[C@@]1(c2ccccc2)CC(=O)N(Cc2ccc3c(c2)OCO3)C1=O. The second-order valence-electron chi connectivity index (χ2n) is 9.66. The Bertz CT molecular complexity index is 1350. The zero-order chi connectivity index (χ0) is 24.9. The monoisotopic (exact) mass is 485 g/mol. The van der Waals surface area contributed by atoms with Crippen LogP contribution in [0.5, 0.6) is 11.5 Å². The van der Waals surface area contributed by atoms with Gasteiger partial charge in [-0.15, -0.1) is 0 Å². The normalized spacial score (nSPS) is 22.8. The van der Waals surface area contributed by atoms with Gasteiger partial charge in [-0.1, -0.05) is 36.4 Å². The first-order valence-electron chi connectivity index (χ1n) is 12.2. The van der Waals surface area contributed by atoms with Gasteiger partial charge in [-0.3, -0.25) is 19.3 Å². The van der Waals surface area contributed by atoms with Crippen molar-refractivity contribution in [2.24, 2.45) is 0 Å². The standard InChI is InChI=1S/C28H27N3O5/c1-19-22-8-5-11-29(22)12-13-30(19)25(32)15-28(21-6-3-2-4-7-21)16-26(33)31(27(28)34)17-20-9-10-23-24(14-20)36-18-35-23/h2-11,14,19H,12-13,15-18H2,1H3/t19-,28+/m1/s1. The lowest BCUT2D eigenvalue weighted by atomic mass is 9.75. The highest BCUT2D eigenvalue weighted by Crippen LogP contribution is 2.42. The van der Waals surface area contributed by atoms with Crippen LogP contribution in [0.4, 0.5) is 0 Å². The molecule has 3 aliphatic heterocycles. The van der Waals surface area contributed by atoms with Gasteiger partial charge in [0, 0.05) is 37.8 Å². The molecule has 0 saturated carbocycles. The van der Waals surface area contributed by atoms with Crippen LogP contribution in [0, 0.1) is 0 Å². The molecule has 1 fully saturated rings. The lowest BCUT2D eigenvalue weighted by Gasteiger charge is -2.37. The van der Waals surface area contributed by atoms with Crippen LogP contribution in [0.2, 0.25) is 0 Å². The Morgan fingerprint density at radius 2 is 1.81 bits per heavy atom. The average molecular weight is 486 g/mol. The van der Waals surface area contributed by atoms with E-state index in [1.54, 1.807) is 12.1 Å². The maximum atomic E-state index is 14.0. The molecule has 184 valence electrons. The van der Waals surface area contributed by atoms with Crippen molar-refractivity contribution >= 4 is 17.7 Å². The molecule has 36 heavy (non-hydrogen) atoms. The number of benzene rings is 2. The molecule has 3 amide bonds. The summed E-state index contributed by atoms with van der Waals surface area (Å²) >= 11 is 0. The second-order valence-corrected chi connectivity index (χ2v) is 9.66. The highest BCUT2D eigenvalue weighted by Gasteiger charge is 2.54. The molecule has 8 nitrogen and oxygen atoms in total. The van der Waals surface area contributed by atoms with Crippen molar-refractivity contribution in [2.75, 3.05) is 13.3 Å². The minimum atomic E-state index is -1.23. The largest absolute Gasteiger partial charge is 0.454 e. The van der Waals surface area contributed by atoms with E-state index in [0.717, 1.165) is 11.3 Å². The van der Waals surface area contributed by atoms with Gasteiger partial charge in [0.25, 0.3) is 0 Å². The molecule has 0 unspecified atom stereocenters. The van der Waals surface area contributed by atoms with E-state index in [1.807, 2.05) is 66.6 Å². The van der Waals surface area contributed by atoms with E-state index in [1.165, 1.54) is 4.90 Å². The van der Waals surface area contributed by atoms with Crippen molar-refractivity contribution in [3.63, 3.8) is 0 Å². The number of nitrogens with zero attached hydrogens (tertiary/aromatic N) is 3. The van der Waals surface area contributed by atoms with Crippen molar-refractivity contribution in [2.45, 2.75) is 44.3 Å². The van der Waals surface area contributed by atoms with Crippen LogP contribution in [0.3, 0.4) is 0 Å². The summed E-state index contributed by atoms with van der Waals surface area (Å²) in [6, 6.07) is 18.5. The topological polar surface area (TPSA) is 81.1 Å². The molecule has 8 heteroatoms. The van der Waals surface area contributed by atoms with Crippen molar-refractivity contribution in [1.29, 1.82) is 0 Å². The summed E-state index contributed by atoms with van der Waals surface area (Å²) in [5.41, 5.74) is 1.30. The Balaban J connectivity index is 1.30. The van der Waals surface area contributed by atoms with E-state index in [2.05, 4.69) is 4.57 Å². The van der Waals surface area contributed by atoms with Crippen LogP contribution in [-0.2, 0) is 32.9 Å². The first kappa shape index (κ1) is 22.4. The summed E-state index contributed by atoms with van der Waals surface area (Å²) in [5.74, 6) is 0.501. The number of hydrogen-bond acceptors (Lipinski definition) is 5. The fourth-order valence-corrected chi connectivity index (χ4v) is 5.68. The average Bonchev–Trinajstić information content (AvgIpc) is 3.61. The van der Waals surface area contributed by atoms with Gasteiger partial charge in [-0.25, -0.2) is 0 Å². The molecule has 0 radical (unpaired) electrons. The van der Waals surface area contributed by atoms with E-state index < -0.39 is 5.41 Å². The van der Waals surface area contributed by atoms with Gasteiger partial charge < -0.3 is 18.9 Å². The van der Waals surface area contributed by atoms with Gasteiger partial charge in [0.15, 0.2) is 11.5 Å². The number of carbonyl (C=O) groups is 3. The van der Waals surface area contributed by atoms with E-state index in [0.29, 0.717) is 30.2 Å². The summed E-state index contributed by atoms with van der Waals surface area (Å²) in [6.45, 7) is 3.55. The lowest BCUT2D eigenvalue weighted by molar-refractivity contribution is -0.144. The third-order valence-electron chi connectivity index (χ3n) is 7.63. The van der Waals surface area contributed by atoms with Crippen molar-refractivity contribution in [3.8, 4) is 11.5 Å². The molecule has 0 aliphatic carbocycles. The van der Waals surface area contributed by atoms with Gasteiger partial charge in [0.05, 0.1) is 18.0 Å². The molecular formula is C28H27N3O5. The predicted molar refractivity (Wildman–Crippen MR) is 130 cm³/mol. The highest BCUT2D eigenvalue weighted by molar-refractivity contribution is 6.10. The number of imide groups is 1. The molecule has 1 saturated heterocycles. The van der Waals surface area contributed by atoms with Gasteiger partial charge >= 0.3 is 0 Å². The second kappa shape index (κ2) is 8.55. The molecule has 0 N–H and O–H groups in total. The molecule has 0 bridgehead atoms. The zero-order valence-electron chi connectivity index (χ0n) is 20.1.